The van der Waals surface area contributed by atoms with E-state index >= 15 is 0 Å². The van der Waals surface area contributed by atoms with Gasteiger partial charge >= 0.3 is 0 Å². The molecule has 2 aromatic carbocycles. The Labute approximate surface area is 115 Å². The molecule has 1 heterocycles. The first-order chi connectivity index (χ1) is 9.80. The largest absolute Gasteiger partial charge is 0.495 e. The van der Waals surface area contributed by atoms with E-state index in [0.29, 0.717) is 17.3 Å². The Morgan fingerprint density at radius 2 is 2.10 bits per heavy atom. The SMILES string of the molecule is COc1cc(Nc2nc3ccccc3[nH]2)ccc1C#N. The molecule has 20 heavy (non-hydrogen) atoms. The standard InChI is InChI=1S/C15H12N4O/c1-20-14-8-11(7-6-10(14)9-16)17-15-18-12-4-2-3-5-13(12)19-15/h2-8H,1H3,(H2,17,18,19). The molecule has 0 bridgehead atoms. The summed E-state index contributed by atoms with van der Waals surface area (Å²) >= 11 is 0. The molecule has 0 atom stereocenters. The highest BCUT2D eigenvalue weighted by atomic mass is 16.5. The fraction of sp³-hybridized carbons (Fsp3) is 0.0667. The van der Waals surface area contributed by atoms with Crippen LogP contribution in [0.25, 0.3) is 11.0 Å². The second-order valence-electron chi connectivity index (χ2n) is 4.25. The van der Waals surface area contributed by atoms with Gasteiger partial charge < -0.3 is 15.0 Å². The van der Waals surface area contributed by atoms with Gasteiger partial charge in [-0.15, -0.1) is 0 Å². The summed E-state index contributed by atoms with van der Waals surface area (Å²) in [5.74, 6) is 1.19. The van der Waals surface area contributed by atoms with Crippen molar-refractivity contribution in [3.05, 3.63) is 48.0 Å². The normalized spacial score (nSPS) is 10.2. The number of hydrogen-bond acceptors (Lipinski definition) is 4. The first kappa shape index (κ1) is 12.1. The van der Waals surface area contributed by atoms with Crippen molar-refractivity contribution in [2.75, 3.05) is 12.4 Å². The molecule has 0 aliphatic carbocycles. The third-order valence-electron chi connectivity index (χ3n) is 2.97. The third-order valence-corrected chi connectivity index (χ3v) is 2.97. The van der Waals surface area contributed by atoms with Crippen LogP contribution in [0.3, 0.4) is 0 Å². The molecule has 5 nitrogen and oxygen atoms in total. The fourth-order valence-electron chi connectivity index (χ4n) is 2.01. The van der Waals surface area contributed by atoms with Gasteiger partial charge in [-0.2, -0.15) is 5.26 Å². The molecular formula is C15H12N4O. The lowest BCUT2D eigenvalue weighted by molar-refractivity contribution is 0.413. The molecule has 0 amide bonds. The van der Waals surface area contributed by atoms with E-state index in [9.17, 15) is 0 Å². The van der Waals surface area contributed by atoms with Gasteiger partial charge in [0.05, 0.1) is 23.7 Å². The lowest BCUT2D eigenvalue weighted by atomic mass is 10.2. The van der Waals surface area contributed by atoms with E-state index in [2.05, 4.69) is 21.4 Å². The van der Waals surface area contributed by atoms with Crippen molar-refractivity contribution in [1.29, 1.82) is 5.26 Å². The molecule has 1 aromatic heterocycles. The third kappa shape index (κ3) is 2.15. The number of fused-ring (bicyclic) bond motifs is 1. The summed E-state index contributed by atoms with van der Waals surface area (Å²) in [6.45, 7) is 0. The number of nitrogens with one attached hydrogen (secondary N) is 2. The molecule has 0 saturated heterocycles. The molecule has 0 aliphatic heterocycles. The van der Waals surface area contributed by atoms with E-state index in [-0.39, 0.29) is 0 Å². The molecule has 0 radical (unpaired) electrons. The zero-order valence-corrected chi connectivity index (χ0v) is 10.8. The van der Waals surface area contributed by atoms with E-state index in [4.69, 9.17) is 10.00 Å². The van der Waals surface area contributed by atoms with E-state index in [0.717, 1.165) is 16.7 Å². The van der Waals surface area contributed by atoms with Crippen LogP contribution in [0.4, 0.5) is 11.6 Å². The summed E-state index contributed by atoms with van der Waals surface area (Å²) in [4.78, 5) is 7.62. The van der Waals surface area contributed by atoms with Gasteiger partial charge in [-0.25, -0.2) is 4.98 Å². The average molecular weight is 264 g/mol. The monoisotopic (exact) mass is 264 g/mol. The topological polar surface area (TPSA) is 73.7 Å². The maximum absolute atomic E-state index is 8.96. The smallest absolute Gasteiger partial charge is 0.205 e. The molecule has 98 valence electrons. The second kappa shape index (κ2) is 4.94. The maximum Gasteiger partial charge on any atom is 0.205 e. The van der Waals surface area contributed by atoms with Crippen LogP contribution in [0, 0.1) is 11.3 Å². The number of H-pyrrole nitrogens is 1. The van der Waals surface area contributed by atoms with Crippen molar-refractivity contribution in [1.82, 2.24) is 9.97 Å². The van der Waals surface area contributed by atoms with Crippen LogP contribution in [-0.2, 0) is 0 Å². The zero-order valence-electron chi connectivity index (χ0n) is 10.8. The minimum atomic E-state index is 0.502. The predicted molar refractivity (Wildman–Crippen MR) is 77.1 cm³/mol. The maximum atomic E-state index is 8.96. The van der Waals surface area contributed by atoms with Crippen LogP contribution in [-0.4, -0.2) is 17.1 Å². The Morgan fingerprint density at radius 3 is 2.85 bits per heavy atom. The van der Waals surface area contributed by atoms with Crippen molar-refractivity contribution >= 4 is 22.7 Å². The number of para-hydroxylation sites is 2. The van der Waals surface area contributed by atoms with Gasteiger partial charge in [0.25, 0.3) is 0 Å². The number of benzene rings is 2. The molecule has 3 aromatic rings. The number of anilines is 2. The summed E-state index contributed by atoms with van der Waals surface area (Å²) in [5.41, 5.74) is 3.17. The van der Waals surface area contributed by atoms with Crippen LogP contribution >= 0.6 is 0 Å². The van der Waals surface area contributed by atoms with Gasteiger partial charge in [0.1, 0.15) is 11.8 Å². The summed E-state index contributed by atoms with van der Waals surface area (Å²) in [7, 11) is 1.54. The van der Waals surface area contributed by atoms with Crippen LogP contribution in [0.5, 0.6) is 5.75 Å². The van der Waals surface area contributed by atoms with E-state index in [1.807, 2.05) is 30.3 Å². The van der Waals surface area contributed by atoms with Gasteiger partial charge in [-0.05, 0) is 24.3 Å². The first-order valence-electron chi connectivity index (χ1n) is 6.10. The Kier molecular flexibility index (Phi) is 2.98. The molecule has 2 N–H and O–H groups in total. The Hall–Kier alpha value is -3.00. The van der Waals surface area contributed by atoms with Gasteiger partial charge in [0.2, 0.25) is 5.95 Å². The fourth-order valence-corrected chi connectivity index (χ4v) is 2.01. The van der Waals surface area contributed by atoms with Crippen molar-refractivity contribution in [2.45, 2.75) is 0 Å². The van der Waals surface area contributed by atoms with E-state index in [1.165, 1.54) is 0 Å². The number of imidazole rings is 1. The molecule has 0 unspecified atom stereocenters. The summed E-state index contributed by atoms with van der Waals surface area (Å²) in [6, 6.07) is 15.2. The van der Waals surface area contributed by atoms with Crippen molar-refractivity contribution in [3.63, 3.8) is 0 Å². The molecule has 0 saturated carbocycles. The number of nitriles is 1. The quantitative estimate of drug-likeness (QED) is 0.762. The molecular weight excluding hydrogens is 252 g/mol. The van der Waals surface area contributed by atoms with Gasteiger partial charge in [-0.3, -0.25) is 0 Å². The number of ether oxygens (including phenoxy) is 1. The molecule has 5 heteroatoms. The van der Waals surface area contributed by atoms with Crippen LogP contribution < -0.4 is 10.1 Å². The Balaban J connectivity index is 1.92. The average Bonchev–Trinajstić information content (AvgIpc) is 2.89. The Bertz CT molecular complexity index is 768. The van der Waals surface area contributed by atoms with Crippen LogP contribution in [0.1, 0.15) is 5.56 Å². The lowest BCUT2D eigenvalue weighted by Crippen LogP contribution is -1.94. The highest BCUT2D eigenvalue weighted by molar-refractivity contribution is 5.78. The van der Waals surface area contributed by atoms with Gasteiger partial charge in [0.15, 0.2) is 0 Å². The minimum absolute atomic E-state index is 0.502. The van der Waals surface area contributed by atoms with E-state index in [1.54, 1.807) is 19.2 Å². The van der Waals surface area contributed by atoms with Crippen molar-refractivity contribution in [3.8, 4) is 11.8 Å². The van der Waals surface area contributed by atoms with Gasteiger partial charge in [-0.1, -0.05) is 12.1 Å². The molecule has 0 aliphatic rings. The Morgan fingerprint density at radius 1 is 1.25 bits per heavy atom. The van der Waals surface area contributed by atoms with Crippen LogP contribution in [0.2, 0.25) is 0 Å². The number of nitrogens with zero attached hydrogens (tertiary/aromatic N) is 2. The van der Waals surface area contributed by atoms with Crippen molar-refractivity contribution < 1.29 is 4.74 Å². The van der Waals surface area contributed by atoms with E-state index < -0.39 is 0 Å². The summed E-state index contributed by atoms with van der Waals surface area (Å²) < 4.78 is 5.18. The molecule has 0 fully saturated rings. The summed E-state index contributed by atoms with van der Waals surface area (Å²) in [5, 5.41) is 12.1. The number of aromatic nitrogens is 2. The van der Waals surface area contributed by atoms with Gasteiger partial charge in [0, 0.05) is 11.8 Å². The number of aromatic amines is 1. The highest BCUT2D eigenvalue weighted by Crippen LogP contribution is 2.25. The number of rotatable bonds is 3. The number of hydrogen-bond donors (Lipinski definition) is 2. The minimum Gasteiger partial charge on any atom is -0.495 e. The zero-order chi connectivity index (χ0) is 13.9. The van der Waals surface area contributed by atoms with Crippen molar-refractivity contribution in [2.24, 2.45) is 0 Å². The second-order valence-corrected chi connectivity index (χ2v) is 4.25. The lowest BCUT2D eigenvalue weighted by Gasteiger charge is -2.06. The molecule has 3 rings (SSSR count). The predicted octanol–water partition coefficient (Wildman–Crippen LogP) is 3.19. The number of methoxy groups -OCH3 is 1. The van der Waals surface area contributed by atoms with Crippen LogP contribution in [0.15, 0.2) is 42.5 Å². The summed E-state index contributed by atoms with van der Waals surface area (Å²) in [6.07, 6.45) is 0. The highest BCUT2D eigenvalue weighted by Gasteiger charge is 2.06. The first-order valence-corrected chi connectivity index (χ1v) is 6.10. The molecule has 0 spiro atoms.